The van der Waals surface area contributed by atoms with E-state index >= 15 is 0 Å². The number of thioether (sulfide) groups is 1. The third-order valence-electron chi connectivity index (χ3n) is 0.898. The third kappa shape index (κ3) is 1.71. The summed E-state index contributed by atoms with van der Waals surface area (Å²) in [7, 11) is 0. The summed E-state index contributed by atoms with van der Waals surface area (Å²) in [5, 5.41) is 3.64. The van der Waals surface area contributed by atoms with Crippen molar-refractivity contribution in [2.45, 2.75) is 6.92 Å². The summed E-state index contributed by atoms with van der Waals surface area (Å²) in [5.41, 5.74) is 0. The molecule has 0 aromatic carbocycles. The molecule has 0 aromatic heterocycles. The summed E-state index contributed by atoms with van der Waals surface area (Å²) in [4.78, 5) is 14.2. The molecule has 0 aromatic rings. The van der Waals surface area contributed by atoms with Gasteiger partial charge in [-0.2, -0.15) is 4.99 Å². The number of carbonyl (C=O) groups excluding carboxylic acids is 1. The van der Waals surface area contributed by atoms with Gasteiger partial charge in [-0.1, -0.05) is 18.7 Å². The van der Waals surface area contributed by atoms with Gasteiger partial charge in [0.2, 0.25) is 0 Å². The Morgan fingerprint density at radius 2 is 2.67 bits per heavy atom. The van der Waals surface area contributed by atoms with Crippen LogP contribution >= 0.6 is 11.8 Å². The maximum Gasteiger partial charge on any atom is 0.267 e. The highest BCUT2D eigenvalue weighted by Gasteiger charge is 2.10. The lowest BCUT2D eigenvalue weighted by atomic mass is 10.7. The molecule has 0 fully saturated rings. The van der Waals surface area contributed by atoms with E-state index in [0.717, 1.165) is 10.9 Å². The predicted molar refractivity (Wildman–Crippen MR) is 38.6 cm³/mol. The van der Waals surface area contributed by atoms with Crippen LogP contribution < -0.4 is 5.32 Å². The van der Waals surface area contributed by atoms with Crippen molar-refractivity contribution in [3.63, 3.8) is 0 Å². The van der Waals surface area contributed by atoms with Crippen molar-refractivity contribution in [1.29, 1.82) is 0 Å². The number of rotatable bonds is 1. The van der Waals surface area contributed by atoms with Crippen LogP contribution in [0.15, 0.2) is 4.99 Å². The molecule has 0 spiro atoms. The molecular formula is C5H8N2OS. The van der Waals surface area contributed by atoms with Crippen molar-refractivity contribution in [2.75, 3.05) is 12.3 Å². The van der Waals surface area contributed by atoms with Gasteiger partial charge in [0.05, 0.1) is 6.54 Å². The fourth-order valence-corrected chi connectivity index (χ4v) is 1.18. The first-order valence-corrected chi connectivity index (χ1v) is 3.79. The summed E-state index contributed by atoms with van der Waals surface area (Å²) in [6.45, 7) is 2.40. The Morgan fingerprint density at radius 3 is 3.11 bits per heavy atom. The van der Waals surface area contributed by atoms with Gasteiger partial charge in [0.1, 0.15) is 0 Å². The predicted octanol–water partition coefficient (Wildman–Crippen LogP) is 0.225. The Labute approximate surface area is 57.9 Å². The molecule has 0 bridgehead atoms. The van der Waals surface area contributed by atoms with Crippen LogP contribution in [0.1, 0.15) is 6.92 Å². The topological polar surface area (TPSA) is 41.5 Å². The van der Waals surface area contributed by atoms with Gasteiger partial charge in [-0.25, -0.2) is 0 Å². The zero-order chi connectivity index (χ0) is 6.69. The van der Waals surface area contributed by atoms with Crippen molar-refractivity contribution >= 4 is 22.8 Å². The zero-order valence-corrected chi connectivity index (χ0v) is 5.99. The first-order chi connectivity index (χ1) is 4.33. The molecule has 0 saturated heterocycles. The van der Waals surface area contributed by atoms with E-state index in [2.05, 4.69) is 10.3 Å². The van der Waals surface area contributed by atoms with Gasteiger partial charge < -0.3 is 5.32 Å². The van der Waals surface area contributed by atoms with Crippen LogP contribution in [0.4, 0.5) is 0 Å². The van der Waals surface area contributed by atoms with Gasteiger partial charge >= 0.3 is 0 Å². The van der Waals surface area contributed by atoms with E-state index in [1.165, 1.54) is 0 Å². The molecular weight excluding hydrogens is 136 g/mol. The second kappa shape index (κ2) is 2.87. The highest BCUT2D eigenvalue weighted by Crippen LogP contribution is 2.03. The van der Waals surface area contributed by atoms with Crippen LogP contribution in [-0.2, 0) is 4.79 Å². The van der Waals surface area contributed by atoms with Gasteiger partial charge in [0, 0.05) is 0 Å². The van der Waals surface area contributed by atoms with Crippen molar-refractivity contribution in [3.05, 3.63) is 0 Å². The molecule has 1 aliphatic rings. The first kappa shape index (κ1) is 6.61. The molecule has 0 radical (unpaired) electrons. The van der Waals surface area contributed by atoms with Crippen LogP contribution in [-0.4, -0.2) is 23.4 Å². The van der Waals surface area contributed by atoms with Crippen molar-refractivity contribution in [1.82, 2.24) is 5.32 Å². The van der Waals surface area contributed by atoms with Crippen LogP contribution in [0.3, 0.4) is 0 Å². The average molecular weight is 144 g/mol. The Morgan fingerprint density at radius 1 is 1.89 bits per heavy atom. The van der Waals surface area contributed by atoms with E-state index in [0.29, 0.717) is 6.54 Å². The van der Waals surface area contributed by atoms with E-state index in [1.54, 1.807) is 11.8 Å². The van der Waals surface area contributed by atoms with Gasteiger partial charge in [-0.05, 0) is 5.75 Å². The maximum absolute atomic E-state index is 10.5. The number of carbonyl (C=O) groups is 1. The SMILES string of the molecule is CCSC1=NC(=O)CN1. The van der Waals surface area contributed by atoms with Crippen LogP contribution in [0.2, 0.25) is 0 Å². The number of amidine groups is 1. The Bertz CT molecular complexity index is 155. The number of aliphatic imine (C=N–C) groups is 1. The standard InChI is InChI=1S/C5H8N2OS/c1-2-9-5-6-3-4(8)7-5/h2-3H2,1H3,(H,6,7,8). The number of nitrogens with zero attached hydrogens (tertiary/aromatic N) is 1. The molecule has 1 heterocycles. The average Bonchev–Trinajstić information content (AvgIpc) is 2.17. The van der Waals surface area contributed by atoms with Crippen LogP contribution in [0.5, 0.6) is 0 Å². The smallest absolute Gasteiger partial charge is 0.267 e. The molecule has 1 N–H and O–H groups in total. The zero-order valence-electron chi connectivity index (χ0n) is 5.18. The molecule has 1 amide bonds. The molecule has 3 nitrogen and oxygen atoms in total. The summed E-state index contributed by atoms with van der Waals surface area (Å²) >= 11 is 1.56. The second-order valence-corrected chi connectivity index (χ2v) is 2.85. The van der Waals surface area contributed by atoms with E-state index in [-0.39, 0.29) is 5.91 Å². The van der Waals surface area contributed by atoms with E-state index < -0.39 is 0 Å². The summed E-state index contributed by atoms with van der Waals surface area (Å²) < 4.78 is 0. The Kier molecular flexibility index (Phi) is 2.10. The number of nitrogens with one attached hydrogen (secondary N) is 1. The fourth-order valence-electron chi connectivity index (χ4n) is 0.564. The number of amides is 1. The largest absolute Gasteiger partial charge is 0.355 e. The van der Waals surface area contributed by atoms with Crippen molar-refractivity contribution in [2.24, 2.45) is 4.99 Å². The van der Waals surface area contributed by atoms with E-state index in [9.17, 15) is 4.79 Å². The van der Waals surface area contributed by atoms with Gasteiger partial charge in [-0.3, -0.25) is 4.79 Å². The summed E-state index contributed by atoms with van der Waals surface area (Å²) in [5.74, 6) is 0.894. The quantitative estimate of drug-likeness (QED) is 0.572. The normalized spacial score (nSPS) is 17.4. The number of hydrogen-bond donors (Lipinski definition) is 1. The maximum atomic E-state index is 10.5. The molecule has 0 aliphatic carbocycles. The van der Waals surface area contributed by atoms with E-state index in [1.807, 2.05) is 6.92 Å². The molecule has 0 unspecified atom stereocenters. The van der Waals surface area contributed by atoms with Gasteiger partial charge in [0.15, 0.2) is 5.17 Å². The molecule has 0 saturated carbocycles. The minimum Gasteiger partial charge on any atom is -0.355 e. The lowest BCUT2D eigenvalue weighted by molar-refractivity contribution is -0.116. The lowest BCUT2D eigenvalue weighted by Crippen LogP contribution is -2.16. The molecule has 4 heteroatoms. The number of hydrogen-bond acceptors (Lipinski definition) is 3. The monoisotopic (exact) mass is 144 g/mol. The third-order valence-corrected chi connectivity index (χ3v) is 1.70. The minimum absolute atomic E-state index is 0.0639. The summed E-state index contributed by atoms with van der Waals surface area (Å²) in [6.07, 6.45) is 0. The minimum atomic E-state index is -0.0639. The van der Waals surface area contributed by atoms with Gasteiger partial charge in [0.25, 0.3) is 5.91 Å². The highest BCUT2D eigenvalue weighted by molar-refractivity contribution is 8.13. The van der Waals surface area contributed by atoms with Gasteiger partial charge in [-0.15, -0.1) is 0 Å². The van der Waals surface area contributed by atoms with Crippen molar-refractivity contribution in [3.8, 4) is 0 Å². The molecule has 1 rings (SSSR count). The van der Waals surface area contributed by atoms with Crippen molar-refractivity contribution < 1.29 is 4.79 Å². The highest BCUT2D eigenvalue weighted by atomic mass is 32.2. The molecule has 9 heavy (non-hydrogen) atoms. The molecule has 1 aliphatic heterocycles. The van der Waals surface area contributed by atoms with Crippen LogP contribution in [0.25, 0.3) is 0 Å². The molecule has 0 atom stereocenters. The fraction of sp³-hybridized carbons (Fsp3) is 0.600. The first-order valence-electron chi connectivity index (χ1n) is 2.81. The summed E-state index contributed by atoms with van der Waals surface area (Å²) in [6, 6.07) is 0. The van der Waals surface area contributed by atoms with Crippen LogP contribution in [0, 0.1) is 0 Å². The Balaban J connectivity index is 2.42. The second-order valence-electron chi connectivity index (χ2n) is 1.60. The van der Waals surface area contributed by atoms with E-state index in [4.69, 9.17) is 0 Å². The molecule has 50 valence electrons. The lowest BCUT2D eigenvalue weighted by Gasteiger charge is -1.93. The Hall–Kier alpha value is -0.510.